The smallest absolute Gasteiger partial charge is 0.131 e. The summed E-state index contributed by atoms with van der Waals surface area (Å²) < 4.78 is 26.8. The van der Waals surface area contributed by atoms with Crippen molar-refractivity contribution in [3.8, 4) is 0 Å². The molecule has 2 aromatic carbocycles. The number of aryl methyl sites for hydroxylation is 2. The lowest BCUT2D eigenvalue weighted by Gasteiger charge is -2.13. The van der Waals surface area contributed by atoms with Crippen LogP contribution in [0.25, 0.3) is 0 Å². The Balaban J connectivity index is 1.97. The van der Waals surface area contributed by atoms with Gasteiger partial charge in [-0.2, -0.15) is 0 Å². The molecule has 0 fully saturated rings. The summed E-state index contributed by atoms with van der Waals surface area (Å²) in [5.74, 6) is -1.02. The molecule has 19 heavy (non-hydrogen) atoms. The van der Waals surface area contributed by atoms with Crippen molar-refractivity contribution in [2.24, 2.45) is 0 Å². The minimum Gasteiger partial charge on any atom is -0.377 e. The van der Waals surface area contributed by atoms with E-state index in [1.54, 1.807) is 0 Å². The Morgan fingerprint density at radius 3 is 2.63 bits per heavy atom. The third-order valence-corrected chi connectivity index (χ3v) is 3.64. The van der Waals surface area contributed by atoms with Crippen LogP contribution in [-0.2, 0) is 6.42 Å². The van der Waals surface area contributed by atoms with Crippen molar-refractivity contribution in [1.29, 1.82) is 0 Å². The lowest BCUT2D eigenvalue weighted by Crippen LogP contribution is -2.08. The molecule has 98 valence electrons. The number of hydrogen-bond acceptors (Lipinski definition) is 1. The molecular formula is C16H15F2N. The van der Waals surface area contributed by atoms with Gasteiger partial charge in [-0.3, -0.25) is 0 Å². The summed E-state index contributed by atoms with van der Waals surface area (Å²) in [6.07, 6.45) is 0.737. The molecule has 0 aliphatic carbocycles. The zero-order valence-electron chi connectivity index (χ0n) is 10.9. The third-order valence-electron chi connectivity index (χ3n) is 3.64. The lowest BCUT2D eigenvalue weighted by atomic mass is 10.0. The fourth-order valence-corrected chi connectivity index (χ4v) is 2.84. The van der Waals surface area contributed by atoms with Crippen LogP contribution in [-0.4, -0.2) is 0 Å². The maximum Gasteiger partial charge on any atom is 0.131 e. The van der Waals surface area contributed by atoms with Gasteiger partial charge >= 0.3 is 0 Å². The molecule has 0 bridgehead atoms. The summed E-state index contributed by atoms with van der Waals surface area (Å²) in [6, 6.07) is 7.89. The predicted molar refractivity (Wildman–Crippen MR) is 72.3 cm³/mol. The highest BCUT2D eigenvalue weighted by Gasteiger charge is 2.25. The van der Waals surface area contributed by atoms with Gasteiger partial charge in [0.2, 0.25) is 0 Å². The number of benzene rings is 2. The standard InChI is InChI=1S/C16H15F2N/c1-9-5-10(2)16-11(6-9)7-15(19-16)13-4-3-12(17)8-14(13)18/h3-6,8,15,19H,7H2,1-2H3. The van der Waals surface area contributed by atoms with Crippen molar-refractivity contribution in [1.82, 2.24) is 0 Å². The van der Waals surface area contributed by atoms with Gasteiger partial charge in [0.25, 0.3) is 0 Å². The van der Waals surface area contributed by atoms with E-state index < -0.39 is 11.6 Å². The first-order valence-electron chi connectivity index (χ1n) is 6.36. The van der Waals surface area contributed by atoms with E-state index in [0.29, 0.717) is 5.56 Å². The van der Waals surface area contributed by atoms with Gasteiger partial charge in [0, 0.05) is 17.3 Å². The average molecular weight is 259 g/mol. The van der Waals surface area contributed by atoms with E-state index in [1.165, 1.54) is 28.8 Å². The van der Waals surface area contributed by atoms with Crippen LogP contribution >= 0.6 is 0 Å². The second-order valence-corrected chi connectivity index (χ2v) is 5.18. The molecule has 0 saturated heterocycles. The minimum absolute atomic E-state index is 0.115. The number of rotatable bonds is 1. The van der Waals surface area contributed by atoms with Crippen molar-refractivity contribution < 1.29 is 8.78 Å². The summed E-state index contributed by atoms with van der Waals surface area (Å²) in [6.45, 7) is 4.10. The minimum atomic E-state index is -0.538. The topological polar surface area (TPSA) is 12.0 Å². The first-order valence-corrected chi connectivity index (χ1v) is 6.36. The Bertz CT molecular complexity index is 649. The molecule has 1 nitrogen and oxygen atoms in total. The summed E-state index contributed by atoms with van der Waals surface area (Å²) in [7, 11) is 0. The van der Waals surface area contributed by atoms with Crippen LogP contribution in [0, 0.1) is 25.5 Å². The van der Waals surface area contributed by atoms with Crippen LogP contribution in [0.1, 0.15) is 28.3 Å². The monoisotopic (exact) mass is 259 g/mol. The van der Waals surface area contributed by atoms with E-state index >= 15 is 0 Å². The highest BCUT2D eigenvalue weighted by Crippen LogP contribution is 2.37. The highest BCUT2D eigenvalue weighted by molar-refractivity contribution is 5.64. The van der Waals surface area contributed by atoms with Crippen molar-refractivity contribution >= 4 is 5.69 Å². The zero-order valence-corrected chi connectivity index (χ0v) is 10.9. The SMILES string of the molecule is Cc1cc(C)c2c(c1)CC(c1ccc(F)cc1F)N2. The zero-order chi connectivity index (χ0) is 13.6. The summed E-state index contributed by atoms with van der Waals surface area (Å²) in [5.41, 5.74) is 5.18. The van der Waals surface area contributed by atoms with Crippen LogP contribution < -0.4 is 5.32 Å². The largest absolute Gasteiger partial charge is 0.377 e. The molecule has 1 unspecified atom stereocenters. The average Bonchev–Trinajstić information content (AvgIpc) is 2.72. The number of hydrogen-bond donors (Lipinski definition) is 1. The Labute approximate surface area is 111 Å². The fraction of sp³-hybridized carbons (Fsp3) is 0.250. The maximum atomic E-state index is 13.8. The fourth-order valence-electron chi connectivity index (χ4n) is 2.84. The third kappa shape index (κ3) is 2.09. The highest BCUT2D eigenvalue weighted by atomic mass is 19.1. The number of nitrogens with one attached hydrogen (secondary N) is 1. The number of anilines is 1. The quantitative estimate of drug-likeness (QED) is 0.805. The van der Waals surface area contributed by atoms with Gasteiger partial charge < -0.3 is 5.32 Å². The molecule has 2 aromatic rings. The molecule has 1 N–H and O–H groups in total. The van der Waals surface area contributed by atoms with Gasteiger partial charge in [-0.15, -0.1) is 0 Å². The van der Waals surface area contributed by atoms with Gasteiger partial charge in [-0.05, 0) is 37.5 Å². The first-order chi connectivity index (χ1) is 9.04. The van der Waals surface area contributed by atoms with E-state index in [-0.39, 0.29) is 6.04 Å². The summed E-state index contributed by atoms with van der Waals surface area (Å²) in [5, 5.41) is 3.34. The van der Waals surface area contributed by atoms with Gasteiger partial charge in [0.1, 0.15) is 11.6 Å². The van der Waals surface area contributed by atoms with E-state index in [2.05, 4.69) is 24.4 Å². The molecule has 1 atom stereocenters. The van der Waals surface area contributed by atoms with Crippen molar-refractivity contribution in [3.63, 3.8) is 0 Å². The molecule has 3 heteroatoms. The van der Waals surface area contributed by atoms with Gasteiger partial charge in [0.15, 0.2) is 0 Å². The molecule has 0 amide bonds. The molecule has 0 radical (unpaired) electrons. The second kappa shape index (κ2) is 4.34. The van der Waals surface area contributed by atoms with Crippen molar-refractivity contribution in [2.45, 2.75) is 26.3 Å². The molecule has 1 heterocycles. The van der Waals surface area contributed by atoms with E-state index in [4.69, 9.17) is 0 Å². The summed E-state index contributed by atoms with van der Waals surface area (Å²) >= 11 is 0. The van der Waals surface area contributed by atoms with Crippen LogP contribution in [0.3, 0.4) is 0 Å². The molecule has 1 aliphatic rings. The Hall–Kier alpha value is -1.90. The normalized spacial score (nSPS) is 17.2. The van der Waals surface area contributed by atoms with E-state index in [0.717, 1.165) is 18.2 Å². The van der Waals surface area contributed by atoms with Gasteiger partial charge in [-0.25, -0.2) is 8.78 Å². The maximum absolute atomic E-state index is 13.8. The Morgan fingerprint density at radius 1 is 1.11 bits per heavy atom. The van der Waals surface area contributed by atoms with Crippen LogP contribution in [0.15, 0.2) is 30.3 Å². The van der Waals surface area contributed by atoms with E-state index in [1.807, 2.05) is 6.92 Å². The Kier molecular flexibility index (Phi) is 2.77. The first kappa shape index (κ1) is 12.2. The van der Waals surface area contributed by atoms with E-state index in [9.17, 15) is 8.78 Å². The van der Waals surface area contributed by atoms with Crippen LogP contribution in [0.4, 0.5) is 14.5 Å². The molecule has 0 spiro atoms. The predicted octanol–water partition coefficient (Wildman–Crippen LogP) is 4.29. The van der Waals surface area contributed by atoms with Gasteiger partial charge in [0.05, 0.1) is 6.04 Å². The van der Waals surface area contributed by atoms with Crippen LogP contribution in [0.5, 0.6) is 0 Å². The molecule has 3 rings (SSSR count). The van der Waals surface area contributed by atoms with Crippen LogP contribution in [0.2, 0.25) is 0 Å². The van der Waals surface area contributed by atoms with Crippen molar-refractivity contribution in [2.75, 3.05) is 5.32 Å². The molecule has 0 saturated carbocycles. The lowest BCUT2D eigenvalue weighted by molar-refractivity contribution is 0.563. The molecule has 1 aliphatic heterocycles. The summed E-state index contributed by atoms with van der Waals surface area (Å²) in [4.78, 5) is 0. The molecular weight excluding hydrogens is 244 g/mol. The molecule has 0 aromatic heterocycles. The second-order valence-electron chi connectivity index (χ2n) is 5.18. The number of fused-ring (bicyclic) bond motifs is 1. The Morgan fingerprint density at radius 2 is 1.89 bits per heavy atom. The van der Waals surface area contributed by atoms with Gasteiger partial charge in [-0.1, -0.05) is 23.8 Å². The number of halogens is 2. The van der Waals surface area contributed by atoms with Crippen molar-refractivity contribution in [3.05, 3.63) is 64.2 Å².